The van der Waals surface area contributed by atoms with Gasteiger partial charge in [-0.2, -0.15) is 4.72 Å². The Bertz CT molecular complexity index is 600. The van der Waals surface area contributed by atoms with E-state index in [4.69, 9.17) is 9.84 Å². The minimum Gasteiger partial charge on any atom is -0.496 e. The van der Waals surface area contributed by atoms with Crippen molar-refractivity contribution in [2.45, 2.75) is 24.8 Å². The summed E-state index contributed by atoms with van der Waals surface area (Å²) in [5.74, 6) is -1.24. The number of rotatable bonds is 6. The summed E-state index contributed by atoms with van der Waals surface area (Å²) in [6, 6.07) is 3.04. The van der Waals surface area contributed by atoms with Crippen LogP contribution in [0.5, 0.6) is 5.75 Å². The zero-order chi connectivity index (χ0) is 15.5. The molecule has 1 aromatic rings. The first kappa shape index (κ1) is 16.9. The van der Waals surface area contributed by atoms with E-state index in [1.54, 1.807) is 13.8 Å². The number of aliphatic carboxylic acids is 1. The molecule has 0 radical (unpaired) electrons. The zero-order valence-electron chi connectivity index (χ0n) is 11.3. The van der Waals surface area contributed by atoms with Gasteiger partial charge in [-0.05, 0) is 34.0 Å². The second-order valence-corrected chi connectivity index (χ2v) is 7.05. The van der Waals surface area contributed by atoms with E-state index in [9.17, 15) is 13.2 Å². The van der Waals surface area contributed by atoms with Crippen molar-refractivity contribution in [3.8, 4) is 5.75 Å². The van der Waals surface area contributed by atoms with Crippen LogP contribution in [-0.4, -0.2) is 32.6 Å². The number of methoxy groups -OCH3 is 1. The van der Waals surface area contributed by atoms with E-state index in [1.807, 2.05) is 0 Å². The van der Waals surface area contributed by atoms with E-state index in [0.717, 1.165) is 0 Å². The van der Waals surface area contributed by atoms with Gasteiger partial charge in [-0.15, -0.1) is 0 Å². The lowest BCUT2D eigenvalue weighted by Gasteiger charge is -2.18. The second kappa shape index (κ2) is 6.55. The zero-order valence-corrected chi connectivity index (χ0v) is 13.7. The molecular weight excluding hydrogens is 350 g/mol. The lowest BCUT2D eigenvalue weighted by Crippen LogP contribution is -2.44. The van der Waals surface area contributed by atoms with E-state index < -0.39 is 22.0 Å². The Morgan fingerprint density at radius 1 is 1.40 bits per heavy atom. The molecule has 1 atom stereocenters. The highest BCUT2D eigenvalue weighted by molar-refractivity contribution is 9.10. The van der Waals surface area contributed by atoms with Crippen LogP contribution in [0.4, 0.5) is 0 Å². The summed E-state index contributed by atoms with van der Waals surface area (Å²) in [4.78, 5) is 11.0. The van der Waals surface area contributed by atoms with Gasteiger partial charge in [-0.25, -0.2) is 8.42 Å². The molecule has 0 aliphatic heterocycles. The first-order valence-corrected chi connectivity index (χ1v) is 8.05. The molecule has 20 heavy (non-hydrogen) atoms. The Kier molecular flexibility index (Phi) is 5.55. The number of ether oxygens (including phenoxy) is 1. The van der Waals surface area contributed by atoms with Crippen molar-refractivity contribution in [2.75, 3.05) is 7.11 Å². The van der Waals surface area contributed by atoms with Crippen LogP contribution in [0.3, 0.4) is 0 Å². The molecule has 0 saturated heterocycles. The average molecular weight is 366 g/mol. The Morgan fingerprint density at radius 3 is 2.45 bits per heavy atom. The van der Waals surface area contributed by atoms with Crippen molar-refractivity contribution >= 4 is 31.9 Å². The third-order valence-electron chi connectivity index (χ3n) is 2.65. The molecule has 0 unspecified atom stereocenters. The molecule has 0 aliphatic rings. The van der Waals surface area contributed by atoms with Crippen LogP contribution in [0, 0.1) is 5.92 Å². The fraction of sp³-hybridized carbons (Fsp3) is 0.417. The number of halogens is 1. The van der Waals surface area contributed by atoms with Crippen molar-refractivity contribution in [1.82, 2.24) is 4.72 Å². The highest BCUT2D eigenvalue weighted by Gasteiger charge is 2.28. The van der Waals surface area contributed by atoms with Gasteiger partial charge in [0.15, 0.2) is 0 Å². The number of hydrogen-bond donors (Lipinski definition) is 2. The Balaban J connectivity index is 3.14. The van der Waals surface area contributed by atoms with E-state index >= 15 is 0 Å². The maximum atomic E-state index is 12.2. The summed E-state index contributed by atoms with van der Waals surface area (Å²) in [7, 11) is -2.52. The predicted molar refractivity (Wildman–Crippen MR) is 77.3 cm³/mol. The highest BCUT2D eigenvalue weighted by Crippen LogP contribution is 2.27. The maximum Gasteiger partial charge on any atom is 0.322 e. The van der Waals surface area contributed by atoms with Crippen LogP contribution in [-0.2, 0) is 14.8 Å². The van der Waals surface area contributed by atoms with Gasteiger partial charge in [0.05, 0.1) is 16.5 Å². The molecule has 6 nitrogen and oxygen atoms in total. The van der Waals surface area contributed by atoms with Gasteiger partial charge >= 0.3 is 5.97 Å². The number of carbonyl (C=O) groups is 1. The number of sulfonamides is 1. The molecule has 0 aromatic heterocycles. The van der Waals surface area contributed by atoms with Crippen molar-refractivity contribution < 1.29 is 23.1 Å². The van der Waals surface area contributed by atoms with E-state index in [-0.39, 0.29) is 10.8 Å². The first-order valence-electron chi connectivity index (χ1n) is 5.77. The number of benzene rings is 1. The molecule has 0 aliphatic carbocycles. The summed E-state index contributed by atoms with van der Waals surface area (Å²) in [6.07, 6.45) is 0. The van der Waals surface area contributed by atoms with Gasteiger partial charge in [0.2, 0.25) is 10.0 Å². The van der Waals surface area contributed by atoms with Gasteiger partial charge in [0.25, 0.3) is 0 Å². The summed E-state index contributed by atoms with van der Waals surface area (Å²) in [6.45, 7) is 3.26. The van der Waals surface area contributed by atoms with Crippen LogP contribution in [0.15, 0.2) is 27.6 Å². The van der Waals surface area contributed by atoms with E-state index in [2.05, 4.69) is 20.7 Å². The highest BCUT2D eigenvalue weighted by atomic mass is 79.9. The molecule has 1 rings (SSSR count). The van der Waals surface area contributed by atoms with Crippen LogP contribution in [0.25, 0.3) is 0 Å². The van der Waals surface area contributed by atoms with E-state index in [0.29, 0.717) is 10.2 Å². The van der Waals surface area contributed by atoms with E-state index in [1.165, 1.54) is 25.3 Å². The van der Waals surface area contributed by atoms with Gasteiger partial charge in [-0.3, -0.25) is 4.79 Å². The molecule has 8 heteroatoms. The molecule has 112 valence electrons. The molecule has 0 amide bonds. The Morgan fingerprint density at radius 2 is 2.00 bits per heavy atom. The van der Waals surface area contributed by atoms with Crippen LogP contribution in [0.2, 0.25) is 0 Å². The van der Waals surface area contributed by atoms with Gasteiger partial charge < -0.3 is 9.84 Å². The quantitative estimate of drug-likeness (QED) is 0.802. The number of hydrogen-bond acceptors (Lipinski definition) is 4. The van der Waals surface area contributed by atoms with Crippen LogP contribution < -0.4 is 9.46 Å². The average Bonchev–Trinajstić information content (AvgIpc) is 2.35. The predicted octanol–water partition coefficient (Wildman–Crippen LogP) is 1.85. The normalized spacial score (nSPS) is 13.2. The second-order valence-electron chi connectivity index (χ2n) is 4.48. The molecule has 2 N–H and O–H groups in total. The fourth-order valence-corrected chi connectivity index (χ4v) is 3.28. The number of nitrogens with one attached hydrogen (secondary N) is 1. The van der Waals surface area contributed by atoms with Crippen LogP contribution in [0.1, 0.15) is 13.8 Å². The molecular formula is C12H16BrNO5S. The monoisotopic (exact) mass is 365 g/mol. The van der Waals surface area contributed by atoms with Gasteiger partial charge in [0, 0.05) is 6.07 Å². The van der Waals surface area contributed by atoms with Gasteiger partial charge in [0.1, 0.15) is 11.8 Å². The lowest BCUT2D eigenvalue weighted by molar-refractivity contribution is -0.140. The molecule has 0 spiro atoms. The molecule has 1 aromatic carbocycles. The standard InChI is InChI=1S/C12H16BrNO5S/c1-7(2)11(12(15)16)14-20(17,18)8-4-5-9(13)10(6-8)19-3/h4-7,11,14H,1-3H3,(H,15,16)/t11-/m1/s1. The maximum absolute atomic E-state index is 12.2. The van der Waals surface area contributed by atoms with Crippen molar-refractivity contribution in [3.63, 3.8) is 0 Å². The summed E-state index contributed by atoms with van der Waals surface area (Å²) < 4.78 is 32.2. The van der Waals surface area contributed by atoms with Crippen molar-refractivity contribution in [1.29, 1.82) is 0 Å². The summed E-state index contributed by atoms with van der Waals surface area (Å²) >= 11 is 3.22. The lowest BCUT2D eigenvalue weighted by atomic mass is 10.1. The summed E-state index contributed by atoms with van der Waals surface area (Å²) in [5.41, 5.74) is 0. The third kappa shape index (κ3) is 3.94. The molecule has 0 fully saturated rings. The summed E-state index contributed by atoms with van der Waals surface area (Å²) in [5, 5.41) is 9.04. The van der Waals surface area contributed by atoms with Crippen molar-refractivity contribution in [2.24, 2.45) is 5.92 Å². The Labute approximate surface area is 126 Å². The molecule has 0 saturated carbocycles. The topological polar surface area (TPSA) is 92.7 Å². The van der Waals surface area contributed by atoms with Crippen molar-refractivity contribution in [3.05, 3.63) is 22.7 Å². The SMILES string of the molecule is COc1cc(S(=O)(=O)N[C@@H](C(=O)O)C(C)C)ccc1Br. The van der Waals surface area contributed by atoms with Crippen LogP contribution >= 0.6 is 15.9 Å². The third-order valence-corrected chi connectivity index (χ3v) is 4.74. The van der Waals surface area contributed by atoms with Gasteiger partial charge in [-0.1, -0.05) is 13.8 Å². The number of carboxylic acid groups (broad SMARTS) is 1. The molecule has 0 bridgehead atoms. The Hall–Kier alpha value is -1.12. The number of carboxylic acids is 1. The smallest absolute Gasteiger partial charge is 0.322 e. The minimum absolute atomic E-state index is 0.0514. The minimum atomic E-state index is -3.93. The molecule has 0 heterocycles. The first-order chi connectivity index (χ1) is 9.19. The largest absolute Gasteiger partial charge is 0.496 e. The fourth-order valence-electron chi connectivity index (χ4n) is 1.51.